The molecular formula is C36H26N2. The molecule has 0 aliphatic heterocycles. The number of fused-ring (bicyclic) bond motifs is 6. The van der Waals surface area contributed by atoms with E-state index in [9.17, 15) is 0 Å². The highest BCUT2D eigenvalue weighted by Crippen LogP contribution is 2.35. The van der Waals surface area contributed by atoms with Crippen LogP contribution in [0.1, 0.15) is 17.7 Å². The first-order valence-electron chi connectivity index (χ1n) is 13.4. The number of allylic oxidation sites excluding steroid dienone is 1. The number of aromatic nitrogens is 2. The zero-order chi connectivity index (χ0) is 25.1. The third kappa shape index (κ3) is 3.13. The number of rotatable bonds is 3. The number of nitrogens with zero attached hydrogens (tertiary/aromatic N) is 2. The molecule has 1 aliphatic carbocycles. The topological polar surface area (TPSA) is 9.86 Å². The summed E-state index contributed by atoms with van der Waals surface area (Å²) in [5.74, 6) is 0. The maximum Gasteiger partial charge on any atom is 0.0541 e. The van der Waals surface area contributed by atoms with Gasteiger partial charge in [-0.05, 0) is 66.4 Å². The summed E-state index contributed by atoms with van der Waals surface area (Å²) in [5, 5.41) is 3.92. The highest BCUT2D eigenvalue weighted by Gasteiger charge is 2.18. The monoisotopic (exact) mass is 486 g/mol. The van der Waals surface area contributed by atoms with E-state index in [1.54, 1.807) is 0 Å². The lowest BCUT2D eigenvalue weighted by Gasteiger charge is -2.14. The fourth-order valence-corrected chi connectivity index (χ4v) is 6.27. The fourth-order valence-electron chi connectivity index (χ4n) is 6.27. The molecule has 2 nitrogen and oxygen atoms in total. The van der Waals surface area contributed by atoms with Crippen molar-refractivity contribution in [3.63, 3.8) is 0 Å². The zero-order valence-corrected chi connectivity index (χ0v) is 21.0. The van der Waals surface area contributed by atoms with Crippen LogP contribution >= 0.6 is 0 Å². The summed E-state index contributed by atoms with van der Waals surface area (Å²) in [7, 11) is 0. The van der Waals surface area contributed by atoms with Crippen molar-refractivity contribution in [3.05, 3.63) is 139 Å². The van der Waals surface area contributed by atoms with Gasteiger partial charge < -0.3 is 9.13 Å². The van der Waals surface area contributed by atoms with Gasteiger partial charge in [0, 0.05) is 38.8 Å². The number of benzene rings is 5. The minimum Gasteiger partial charge on any atom is -0.313 e. The molecule has 1 aliphatic rings. The quantitative estimate of drug-likeness (QED) is 0.235. The van der Waals surface area contributed by atoms with E-state index in [1.165, 1.54) is 66.5 Å². The van der Waals surface area contributed by atoms with Gasteiger partial charge in [-0.1, -0.05) is 91.0 Å². The van der Waals surface area contributed by atoms with E-state index in [1.807, 2.05) is 0 Å². The van der Waals surface area contributed by atoms with Crippen molar-refractivity contribution in [3.8, 4) is 22.5 Å². The Morgan fingerprint density at radius 1 is 0.447 bits per heavy atom. The van der Waals surface area contributed by atoms with Crippen LogP contribution < -0.4 is 0 Å². The minimum atomic E-state index is 1.08. The summed E-state index contributed by atoms with van der Waals surface area (Å²) in [6.07, 6.45) is 6.77. The number of para-hydroxylation sites is 3. The molecule has 0 saturated carbocycles. The molecule has 7 aromatic rings. The van der Waals surface area contributed by atoms with Gasteiger partial charge in [-0.25, -0.2) is 0 Å². The standard InChI is InChI=1S/C36H26N2/c1-5-13-33-29(9-1)30-10-2-6-14-34(30)37(33)27-21-17-25(18-22-27)26-19-23-28(24-20-26)38-35-15-7-3-11-31(35)32-12-4-8-16-36(32)38/h1-7,9-15,17-24H,8,16H2. The lowest BCUT2D eigenvalue weighted by molar-refractivity contribution is 0.888. The third-order valence-electron chi connectivity index (χ3n) is 8.01. The molecule has 0 amide bonds. The molecule has 0 atom stereocenters. The molecule has 0 unspecified atom stereocenters. The van der Waals surface area contributed by atoms with Crippen molar-refractivity contribution in [2.24, 2.45) is 0 Å². The molecule has 0 spiro atoms. The normalized spacial score (nSPS) is 12.9. The zero-order valence-electron chi connectivity index (χ0n) is 21.0. The summed E-state index contributed by atoms with van der Waals surface area (Å²) in [6, 6.07) is 44.1. The summed E-state index contributed by atoms with van der Waals surface area (Å²) in [4.78, 5) is 0. The summed E-state index contributed by atoms with van der Waals surface area (Å²) < 4.78 is 4.82. The molecule has 2 heterocycles. The van der Waals surface area contributed by atoms with Crippen LogP contribution in [-0.4, -0.2) is 9.13 Å². The van der Waals surface area contributed by atoms with Gasteiger partial charge in [0.1, 0.15) is 0 Å². The van der Waals surface area contributed by atoms with E-state index < -0.39 is 0 Å². The van der Waals surface area contributed by atoms with Crippen molar-refractivity contribution >= 4 is 38.8 Å². The molecule has 0 N–H and O–H groups in total. The minimum absolute atomic E-state index is 1.08. The average Bonchev–Trinajstić information content (AvgIpc) is 3.51. The van der Waals surface area contributed by atoms with Gasteiger partial charge in [0.15, 0.2) is 0 Å². The number of hydrogen-bond acceptors (Lipinski definition) is 0. The van der Waals surface area contributed by atoms with Crippen LogP contribution in [-0.2, 0) is 6.42 Å². The Hall–Kier alpha value is -4.82. The Bertz CT molecular complexity index is 1940. The smallest absolute Gasteiger partial charge is 0.0541 e. The number of hydrogen-bond donors (Lipinski definition) is 0. The van der Waals surface area contributed by atoms with E-state index in [2.05, 4.69) is 143 Å². The molecule has 0 bridgehead atoms. The largest absolute Gasteiger partial charge is 0.313 e. The van der Waals surface area contributed by atoms with Crippen LogP contribution in [0.4, 0.5) is 0 Å². The van der Waals surface area contributed by atoms with Crippen molar-refractivity contribution < 1.29 is 0 Å². The second kappa shape index (κ2) is 8.36. The Labute approximate surface area is 221 Å². The van der Waals surface area contributed by atoms with Gasteiger partial charge >= 0.3 is 0 Å². The Morgan fingerprint density at radius 2 is 0.921 bits per heavy atom. The predicted molar refractivity (Wildman–Crippen MR) is 160 cm³/mol. The summed E-state index contributed by atoms with van der Waals surface area (Å²) in [6.45, 7) is 0. The van der Waals surface area contributed by atoms with E-state index in [0.29, 0.717) is 0 Å². The fraction of sp³-hybridized carbons (Fsp3) is 0.0556. The van der Waals surface area contributed by atoms with Crippen LogP contribution in [0.5, 0.6) is 0 Å². The van der Waals surface area contributed by atoms with Crippen molar-refractivity contribution in [1.82, 2.24) is 9.13 Å². The van der Waals surface area contributed by atoms with E-state index in [0.717, 1.165) is 12.8 Å². The first kappa shape index (κ1) is 21.3. The SMILES string of the molecule is C1=Cc2c(n(-c3ccc(-c4ccc(-n5c6ccccc6c6ccccc65)cc4)cc3)c3ccccc23)CC1. The molecule has 180 valence electrons. The van der Waals surface area contributed by atoms with Crippen molar-refractivity contribution in [2.75, 3.05) is 0 Å². The van der Waals surface area contributed by atoms with Gasteiger partial charge in [-0.15, -0.1) is 0 Å². The second-order valence-electron chi connectivity index (χ2n) is 10.1. The molecular weight excluding hydrogens is 460 g/mol. The van der Waals surface area contributed by atoms with Gasteiger partial charge in [0.25, 0.3) is 0 Å². The first-order chi connectivity index (χ1) is 18.9. The van der Waals surface area contributed by atoms with Gasteiger partial charge in [0.05, 0.1) is 16.6 Å². The van der Waals surface area contributed by atoms with Crippen molar-refractivity contribution in [2.45, 2.75) is 12.8 Å². The molecule has 0 fully saturated rings. The van der Waals surface area contributed by atoms with Crippen LogP contribution in [0, 0.1) is 0 Å². The Balaban J connectivity index is 1.18. The van der Waals surface area contributed by atoms with Gasteiger partial charge in [0.2, 0.25) is 0 Å². The first-order valence-corrected chi connectivity index (χ1v) is 13.4. The molecule has 0 radical (unpaired) electrons. The third-order valence-corrected chi connectivity index (χ3v) is 8.01. The second-order valence-corrected chi connectivity index (χ2v) is 10.1. The van der Waals surface area contributed by atoms with E-state index in [-0.39, 0.29) is 0 Å². The summed E-state index contributed by atoms with van der Waals surface area (Å²) >= 11 is 0. The molecule has 38 heavy (non-hydrogen) atoms. The predicted octanol–water partition coefficient (Wildman–Crippen LogP) is 9.35. The maximum atomic E-state index is 2.45. The van der Waals surface area contributed by atoms with Crippen LogP contribution in [0.25, 0.3) is 61.3 Å². The Kier molecular flexibility index (Phi) is 4.68. The van der Waals surface area contributed by atoms with Crippen molar-refractivity contribution in [1.29, 1.82) is 0 Å². The average molecular weight is 487 g/mol. The highest BCUT2D eigenvalue weighted by molar-refractivity contribution is 6.09. The molecule has 2 heteroatoms. The highest BCUT2D eigenvalue weighted by atomic mass is 15.0. The summed E-state index contributed by atoms with van der Waals surface area (Å²) in [5.41, 5.74) is 11.4. The molecule has 5 aromatic carbocycles. The van der Waals surface area contributed by atoms with Crippen LogP contribution in [0.15, 0.2) is 127 Å². The van der Waals surface area contributed by atoms with E-state index in [4.69, 9.17) is 0 Å². The van der Waals surface area contributed by atoms with E-state index >= 15 is 0 Å². The molecule has 0 saturated heterocycles. The van der Waals surface area contributed by atoms with Crippen LogP contribution in [0.2, 0.25) is 0 Å². The van der Waals surface area contributed by atoms with Gasteiger partial charge in [-0.3, -0.25) is 0 Å². The molecule has 8 rings (SSSR count). The van der Waals surface area contributed by atoms with Gasteiger partial charge in [-0.2, -0.15) is 0 Å². The lowest BCUT2D eigenvalue weighted by atomic mass is 10.0. The maximum absolute atomic E-state index is 2.45. The Morgan fingerprint density at radius 3 is 1.50 bits per heavy atom. The van der Waals surface area contributed by atoms with Crippen LogP contribution in [0.3, 0.4) is 0 Å². The lowest BCUT2D eigenvalue weighted by Crippen LogP contribution is -2.02. The molecule has 2 aromatic heterocycles.